The van der Waals surface area contributed by atoms with Crippen molar-refractivity contribution in [1.82, 2.24) is 0 Å². The summed E-state index contributed by atoms with van der Waals surface area (Å²) in [5, 5.41) is 14.5. The molecule has 0 aliphatic rings. The summed E-state index contributed by atoms with van der Waals surface area (Å²) in [6.07, 6.45) is 1.27. The third kappa shape index (κ3) is 4.45. The monoisotopic (exact) mass is 321 g/mol. The molecule has 6 heteroatoms. The van der Waals surface area contributed by atoms with E-state index < -0.39 is 5.97 Å². The molecule has 6 nitrogen and oxygen atoms in total. The van der Waals surface area contributed by atoms with Gasteiger partial charge in [-0.2, -0.15) is 5.26 Å². The summed E-state index contributed by atoms with van der Waals surface area (Å²) in [4.78, 5) is 23.3. The Morgan fingerprint density at radius 2 is 1.67 bits per heavy atom. The van der Waals surface area contributed by atoms with E-state index in [0.717, 1.165) is 0 Å². The van der Waals surface area contributed by atoms with Crippen molar-refractivity contribution in [3.05, 3.63) is 71.9 Å². The van der Waals surface area contributed by atoms with Crippen LogP contribution in [0.15, 0.2) is 66.4 Å². The number of esters is 1. The maximum absolute atomic E-state index is 12.0. The predicted octanol–water partition coefficient (Wildman–Crippen LogP) is 2.93. The first kappa shape index (κ1) is 16.8. The Morgan fingerprint density at radius 1 is 1.04 bits per heavy atom. The second-order valence-corrected chi connectivity index (χ2v) is 4.70. The van der Waals surface area contributed by atoms with Gasteiger partial charge in [-0.3, -0.25) is 4.79 Å². The molecule has 0 saturated carbocycles. The van der Waals surface area contributed by atoms with Crippen LogP contribution < -0.4 is 10.6 Å². The Labute approximate surface area is 139 Å². The number of methoxy groups -OCH3 is 1. The van der Waals surface area contributed by atoms with Crippen LogP contribution in [0.2, 0.25) is 0 Å². The summed E-state index contributed by atoms with van der Waals surface area (Å²) in [7, 11) is 1.21. The van der Waals surface area contributed by atoms with Gasteiger partial charge < -0.3 is 15.4 Å². The summed E-state index contributed by atoms with van der Waals surface area (Å²) in [6.45, 7) is 0. The summed E-state index contributed by atoms with van der Waals surface area (Å²) in [5.41, 5.74) is 1.72. The van der Waals surface area contributed by atoms with E-state index in [1.807, 2.05) is 6.07 Å². The fourth-order valence-electron chi connectivity index (χ4n) is 1.84. The lowest BCUT2D eigenvalue weighted by Gasteiger charge is -2.07. The van der Waals surface area contributed by atoms with Gasteiger partial charge >= 0.3 is 5.97 Å². The van der Waals surface area contributed by atoms with Gasteiger partial charge in [-0.05, 0) is 36.4 Å². The number of nitrogens with one attached hydrogen (secondary N) is 2. The molecular formula is C18H15N3O3. The van der Waals surface area contributed by atoms with Crippen molar-refractivity contribution in [3.63, 3.8) is 0 Å². The average molecular weight is 321 g/mol. The van der Waals surface area contributed by atoms with E-state index in [1.165, 1.54) is 13.3 Å². The van der Waals surface area contributed by atoms with Crippen LogP contribution in [-0.2, 0) is 9.53 Å². The van der Waals surface area contributed by atoms with E-state index in [1.54, 1.807) is 54.6 Å². The highest BCUT2D eigenvalue weighted by atomic mass is 16.5. The molecule has 0 atom stereocenters. The van der Waals surface area contributed by atoms with Crippen molar-refractivity contribution in [2.24, 2.45) is 0 Å². The number of benzene rings is 2. The van der Waals surface area contributed by atoms with Crippen molar-refractivity contribution in [3.8, 4) is 6.07 Å². The first-order chi connectivity index (χ1) is 11.6. The highest BCUT2D eigenvalue weighted by Crippen LogP contribution is 2.15. The number of anilines is 2. The molecule has 120 valence electrons. The van der Waals surface area contributed by atoms with Crippen molar-refractivity contribution in [2.45, 2.75) is 0 Å². The molecule has 0 unspecified atom stereocenters. The summed E-state index contributed by atoms with van der Waals surface area (Å²) < 4.78 is 4.48. The minimum Gasteiger partial charge on any atom is -0.465 e. The zero-order valence-corrected chi connectivity index (χ0v) is 12.9. The Morgan fingerprint density at radius 3 is 2.25 bits per heavy atom. The molecule has 0 radical (unpaired) electrons. The van der Waals surface area contributed by atoms with E-state index >= 15 is 0 Å². The molecule has 0 heterocycles. The topological polar surface area (TPSA) is 91.2 Å². The van der Waals surface area contributed by atoms with Crippen molar-refractivity contribution >= 4 is 23.3 Å². The fourth-order valence-corrected chi connectivity index (χ4v) is 1.84. The van der Waals surface area contributed by atoms with Crippen LogP contribution in [0, 0.1) is 11.3 Å². The molecule has 0 aliphatic carbocycles. The first-order valence-electron chi connectivity index (χ1n) is 7.05. The Kier molecular flexibility index (Phi) is 5.70. The van der Waals surface area contributed by atoms with Crippen LogP contribution in [0.1, 0.15) is 10.4 Å². The minimum absolute atomic E-state index is 0.140. The number of carbonyl (C=O) groups is 2. The van der Waals surface area contributed by atoms with Gasteiger partial charge in [0, 0.05) is 23.1 Å². The largest absolute Gasteiger partial charge is 0.465 e. The second-order valence-electron chi connectivity index (χ2n) is 4.70. The van der Waals surface area contributed by atoms with Crippen LogP contribution in [0.25, 0.3) is 0 Å². The maximum atomic E-state index is 12.0. The zero-order valence-electron chi connectivity index (χ0n) is 12.9. The van der Waals surface area contributed by atoms with Crippen molar-refractivity contribution < 1.29 is 14.3 Å². The van der Waals surface area contributed by atoms with Crippen LogP contribution in [0.4, 0.5) is 11.4 Å². The molecule has 0 aromatic heterocycles. The third-order valence-electron chi connectivity index (χ3n) is 3.09. The summed E-state index contributed by atoms with van der Waals surface area (Å²) in [6, 6.07) is 17.5. The van der Waals surface area contributed by atoms with E-state index in [0.29, 0.717) is 16.9 Å². The molecule has 2 N–H and O–H groups in total. The number of carbonyl (C=O) groups excluding carboxylic acids is 2. The van der Waals surface area contributed by atoms with Gasteiger partial charge in [0.15, 0.2) is 5.57 Å². The number of nitriles is 1. The average Bonchev–Trinajstić information content (AvgIpc) is 2.64. The number of amides is 1. The van der Waals surface area contributed by atoms with E-state index in [2.05, 4.69) is 15.4 Å². The van der Waals surface area contributed by atoms with Gasteiger partial charge in [0.2, 0.25) is 0 Å². The molecule has 1 amide bonds. The van der Waals surface area contributed by atoms with Crippen molar-refractivity contribution in [2.75, 3.05) is 17.7 Å². The first-order valence-corrected chi connectivity index (χ1v) is 7.05. The molecule has 0 fully saturated rings. The predicted molar refractivity (Wildman–Crippen MR) is 90.2 cm³/mol. The number of hydrogen-bond donors (Lipinski definition) is 2. The van der Waals surface area contributed by atoms with Gasteiger partial charge in [0.1, 0.15) is 6.07 Å². The Balaban J connectivity index is 2.01. The minimum atomic E-state index is -0.711. The number of rotatable bonds is 5. The molecule has 0 aliphatic heterocycles. The van der Waals surface area contributed by atoms with Gasteiger partial charge in [-0.1, -0.05) is 18.2 Å². The molecule has 0 spiro atoms. The third-order valence-corrected chi connectivity index (χ3v) is 3.09. The number of ether oxygens (including phenoxy) is 1. The van der Waals surface area contributed by atoms with E-state index in [4.69, 9.17) is 5.26 Å². The smallest absolute Gasteiger partial charge is 0.350 e. The molecule has 2 rings (SSSR count). The molecular weight excluding hydrogens is 306 g/mol. The maximum Gasteiger partial charge on any atom is 0.350 e. The quantitative estimate of drug-likeness (QED) is 0.502. The highest BCUT2D eigenvalue weighted by Gasteiger charge is 2.08. The Hall–Kier alpha value is -3.59. The fraction of sp³-hybridized carbons (Fsp3) is 0.0556. The van der Waals surface area contributed by atoms with E-state index in [-0.39, 0.29) is 11.5 Å². The van der Waals surface area contributed by atoms with Gasteiger partial charge in [0.05, 0.1) is 7.11 Å². The van der Waals surface area contributed by atoms with Gasteiger partial charge in [-0.15, -0.1) is 0 Å². The number of hydrogen-bond acceptors (Lipinski definition) is 5. The van der Waals surface area contributed by atoms with Gasteiger partial charge in [-0.25, -0.2) is 4.79 Å². The molecule has 0 saturated heterocycles. The second kappa shape index (κ2) is 8.15. The normalized spacial score (nSPS) is 10.4. The lowest BCUT2D eigenvalue weighted by Crippen LogP contribution is -2.11. The van der Waals surface area contributed by atoms with Crippen LogP contribution in [0.5, 0.6) is 0 Å². The van der Waals surface area contributed by atoms with Crippen LogP contribution in [-0.4, -0.2) is 19.0 Å². The molecule has 2 aromatic carbocycles. The van der Waals surface area contributed by atoms with Crippen LogP contribution >= 0.6 is 0 Å². The highest BCUT2D eigenvalue weighted by molar-refractivity contribution is 6.04. The standard InChI is InChI=1S/C18H15N3O3/c1-24-18(23)14(11-19)12-20-15-7-9-16(10-8-15)21-17(22)13-5-3-2-4-6-13/h2-10,12,20H,1H3,(H,21,22)/b14-12+. The molecule has 24 heavy (non-hydrogen) atoms. The molecule has 2 aromatic rings. The SMILES string of the molecule is COC(=O)/C(C#N)=C/Nc1ccc(NC(=O)c2ccccc2)cc1. The lowest BCUT2D eigenvalue weighted by molar-refractivity contribution is -0.135. The summed E-state index contributed by atoms with van der Waals surface area (Å²) in [5.74, 6) is -0.912. The number of nitrogens with zero attached hydrogens (tertiary/aromatic N) is 1. The van der Waals surface area contributed by atoms with Gasteiger partial charge in [0.25, 0.3) is 5.91 Å². The summed E-state index contributed by atoms with van der Waals surface area (Å²) >= 11 is 0. The molecule has 0 bridgehead atoms. The van der Waals surface area contributed by atoms with E-state index in [9.17, 15) is 9.59 Å². The Bertz CT molecular complexity index is 791. The zero-order chi connectivity index (χ0) is 17.4. The lowest BCUT2D eigenvalue weighted by atomic mass is 10.2. The van der Waals surface area contributed by atoms with Crippen molar-refractivity contribution in [1.29, 1.82) is 5.26 Å². The van der Waals surface area contributed by atoms with Crippen LogP contribution in [0.3, 0.4) is 0 Å².